The molecule has 0 bridgehead atoms. The highest BCUT2D eigenvalue weighted by Gasteiger charge is 2.09. The van der Waals surface area contributed by atoms with Gasteiger partial charge in [-0.25, -0.2) is 4.79 Å². The number of carboxylic acid groups (broad SMARTS) is 1. The fourth-order valence-corrected chi connectivity index (χ4v) is 2.04. The molecular formula is C11H17NO2S. The number of carbonyl (C=O) groups is 1. The zero-order valence-corrected chi connectivity index (χ0v) is 10.2. The topological polar surface area (TPSA) is 40.5 Å². The van der Waals surface area contributed by atoms with Gasteiger partial charge in [-0.1, -0.05) is 13.8 Å². The number of hydrogen-bond acceptors (Lipinski definition) is 3. The summed E-state index contributed by atoms with van der Waals surface area (Å²) >= 11 is 1.33. The van der Waals surface area contributed by atoms with Gasteiger partial charge < -0.3 is 10.0 Å². The number of carboxylic acids is 1. The molecule has 0 atom stereocenters. The highest BCUT2D eigenvalue weighted by Crippen LogP contribution is 2.25. The molecule has 1 heterocycles. The Balaban J connectivity index is 2.58. The van der Waals surface area contributed by atoms with Crippen molar-refractivity contribution in [3.63, 3.8) is 0 Å². The van der Waals surface area contributed by atoms with Gasteiger partial charge in [0.2, 0.25) is 0 Å². The van der Waals surface area contributed by atoms with Crippen LogP contribution >= 0.6 is 11.3 Å². The zero-order chi connectivity index (χ0) is 11.4. The van der Waals surface area contributed by atoms with Gasteiger partial charge in [0.15, 0.2) is 0 Å². The zero-order valence-electron chi connectivity index (χ0n) is 9.36. The molecule has 15 heavy (non-hydrogen) atoms. The van der Waals surface area contributed by atoms with Gasteiger partial charge in [-0.05, 0) is 24.5 Å². The molecule has 1 aromatic rings. The molecule has 1 aromatic heterocycles. The van der Waals surface area contributed by atoms with Crippen LogP contribution in [0.25, 0.3) is 0 Å². The minimum Gasteiger partial charge on any atom is -0.477 e. The van der Waals surface area contributed by atoms with Crippen molar-refractivity contribution in [2.75, 3.05) is 18.5 Å². The number of thiophene rings is 1. The van der Waals surface area contributed by atoms with Crippen molar-refractivity contribution in [2.24, 2.45) is 5.92 Å². The molecule has 0 saturated carbocycles. The van der Waals surface area contributed by atoms with E-state index in [4.69, 9.17) is 5.11 Å². The van der Waals surface area contributed by atoms with Crippen molar-refractivity contribution < 1.29 is 9.90 Å². The lowest BCUT2D eigenvalue weighted by Crippen LogP contribution is -2.18. The Bertz CT molecular complexity index is 333. The van der Waals surface area contributed by atoms with Crippen LogP contribution in [0.15, 0.2) is 12.1 Å². The second-order valence-corrected chi connectivity index (χ2v) is 5.11. The second-order valence-electron chi connectivity index (χ2n) is 4.05. The average molecular weight is 227 g/mol. The lowest BCUT2D eigenvalue weighted by Gasteiger charge is -2.17. The van der Waals surface area contributed by atoms with Crippen molar-refractivity contribution in [3.05, 3.63) is 17.0 Å². The van der Waals surface area contributed by atoms with Crippen LogP contribution in [0.3, 0.4) is 0 Å². The van der Waals surface area contributed by atoms with E-state index in [9.17, 15) is 4.79 Å². The van der Waals surface area contributed by atoms with E-state index in [0.717, 1.165) is 18.0 Å². The molecule has 0 saturated heterocycles. The Hall–Kier alpha value is -1.03. The standard InChI is InChI=1S/C11H17NO2S/c1-8(2)6-7-12(3)10-5-4-9(15-10)11(13)14/h4-5,8H,6-7H2,1-3H3,(H,13,14). The number of anilines is 1. The smallest absolute Gasteiger partial charge is 0.345 e. The molecule has 0 aliphatic carbocycles. The second kappa shape index (κ2) is 5.16. The average Bonchev–Trinajstić information content (AvgIpc) is 2.62. The predicted octanol–water partition coefficient (Wildman–Crippen LogP) is 2.93. The summed E-state index contributed by atoms with van der Waals surface area (Å²) in [5.74, 6) is -0.171. The molecule has 0 radical (unpaired) electrons. The fourth-order valence-electron chi connectivity index (χ4n) is 1.21. The Labute approximate surface area is 94.3 Å². The van der Waals surface area contributed by atoms with E-state index in [1.54, 1.807) is 6.07 Å². The lowest BCUT2D eigenvalue weighted by atomic mass is 10.1. The summed E-state index contributed by atoms with van der Waals surface area (Å²) in [4.78, 5) is 13.2. The van der Waals surface area contributed by atoms with Gasteiger partial charge in [0.05, 0.1) is 5.00 Å². The van der Waals surface area contributed by atoms with Crippen LogP contribution in [0, 0.1) is 5.92 Å². The molecule has 0 fully saturated rings. The highest BCUT2D eigenvalue weighted by molar-refractivity contribution is 7.17. The number of hydrogen-bond donors (Lipinski definition) is 1. The summed E-state index contributed by atoms with van der Waals surface area (Å²) in [6.07, 6.45) is 1.12. The van der Waals surface area contributed by atoms with Gasteiger partial charge in [0.1, 0.15) is 4.88 Å². The molecule has 0 spiro atoms. The van der Waals surface area contributed by atoms with Crippen LogP contribution in [-0.4, -0.2) is 24.7 Å². The van der Waals surface area contributed by atoms with E-state index >= 15 is 0 Å². The maximum absolute atomic E-state index is 10.7. The summed E-state index contributed by atoms with van der Waals surface area (Å²) in [5.41, 5.74) is 0. The predicted molar refractivity (Wildman–Crippen MR) is 64.0 cm³/mol. The van der Waals surface area contributed by atoms with Crippen molar-refractivity contribution in [1.82, 2.24) is 0 Å². The molecule has 1 N–H and O–H groups in total. The van der Waals surface area contributed by atoms with Crippen LogP contribution < -0.4 is 4.90 Å². The third-order valence-electron chi connectivity index (χ3n) is 2.22. The van der Waals surface area contributed by atoms with Crippen molar-refractivity contribution in [3.8, 4) is 0 Å². The third kappa shape index (κ3) is 3.55. The van der Waals surface area contributed by atoms with Gasteiger partial charge in [0, 0.05) is 13.6 Å². The largest absolute Gasteiger partial charge is 0.477 e. The first kappa shape index (κ1) is 12.0. The van der Waals surface area contributed by atoms with E-state index in [2.05, 4.69) is 18.7 Å². The molecule has 0 aromatic carbocycles. The van der Waals surface area contributed by atoms with Gasteiger partial charge in [-0.3, -0.25) is 0 Å². The highest BCUT2D eigenvalue weighted by atomic mass is 32.1. The number of rotatable bonds is 5. The third-order valence-corrected chi connectivity index (χ3v) is 3.41. The summed E-state index contributed by atoms with van der Waals surface area (Å²) < 4.78 is 0. The van der Waals surface area contributed by atoms with Crippen LogP contribution in [0.1, 0.15) is 29.9 Å². The molecule has 0 aliphatic heterocycles. The Kier molecular flexibility index (Phi) is 4.15. The minimum absolute atomic E-state index is 0.404. The maximum Gasteiger partial charge on any atom is 0.345 e. The normalized spacial score (nSPS) is 10.7. The van der Waals surface area contributed by atoms with Gasteiger partial charge in [0.25, 0.3) is 0 Å². The molecule has 3 nitrogen and oxygen atoms in total. The molecule has 4 heteroatoms. The first-order chi connectivity index (χ1) is 7.00. The molecule has 0 amide bonds. The van der Waals surface area contributed by atoms with E-state index in [-0.39, 0.29) is 0 Å². The quantitative estimate of drug-likeness (QED) is 0.840. The molecule has 0 unspecified atom stereocenters. The number of nitrogens with zero attached hydrogens (tertiary/aromatic N) is 1. The summed E-state index contributed by atoms with van der Waals surface area (Å²) in [5, 5.41) is 9.81. The van der Waals surface area contributed by atoms with Gasteiger partial charge >= 0.3 is 5.97 Å². The SMILES string of the molecule is CC(C)CCN(C)c1ccc(C(=O)O)s1. The van der Waals surface area contributed by atoms with E-state index in [0.29, 0.717) is 10.8 Å². The molecule has 84 valence electrons. The first-order valence-electron chi connectivity index (χ1n) is 5.05. The van der Waals surface area contributed by atoms with Crippen molar-refractivity contribution in [1.29, 1.82) is 0 Å². The van der Waals surface area contributed by atoms with Crippen LogP contribution in [0.4, 0.5) is 5.00 Å². The molecule has 1 rings (SSSR count). The monoisotopic (exact) mass is 227 g/mol. The summed E-state index contributed by atoms with van der Waals surface area (Å²) in [6, 6.07) is 3.53. The summed E-state index contributed by atoms with van der Waals surface area (Å²) in [6.45, 7) is 5.34. The van der Waals surface area contributed by atoms with Gasteiger partial charge in [-0.2, -0.15) is 0 Å². The minimum atomic E-state index is -0.844. The Morgan fingerprint density at radius 3 is 2.67 bits per heavy atom. The van der Waals surface area contributed by atoms with Crippen molar-refractivity contribution in [2.45, 2.75) is 20.3 Å². The Morgan fingerprint density at radius 2 is 2.20 bits per heavy atom. The van der Waals surface area contributed by atoms with Crippen LogP contribution in [-0.2, 0) is 0 Å². The van der Waals surface area contributed by atoms with Crippen LogP contribution in [0.5, 0.6) is 0 Å². The van der Waals surface area contributed by atoms with E-state index < -0.39 is 5.97 Å². The molecule has 0 aliphatic rings. The van der Waals surface area contributed by atoms with E-state index in [1.807, 2.05) is 13.1 Å². The maximum atomic E-state index is 10.7. The Morgan fingerprint density at radius 1 is 1.53 bits per heavy atom. The van der Waals surface area contributed by atoms with Crippen molar-refractivity contribution >= 4 is 22.3 Å². The lowest BCUT2D eigenvalue weighted by molar-refractivity contribution is 0.0702. The van der Waals surface area contributed by atoms with E-state index in [1.165, 1.54) is 11.3 Å². The fraction of sp³-hybridized carbons (Fsp3) is 0.545. The number of aromatic carboxylic acids is 1. The first-order valence-corrected chi connectivity index (χ1v) is 5.86. The summed E-state index contributed by atoms with van der Waals surface area (Å²) in [7, 11) is 2.00. The van der Waals surface area contributed by atoms with Gasteiger partial charge in [-0.15, -0.1) is 11.3 Å². The molecular weight excluding hydrogens is 210 g/mol. The van der Waals surface area contributed by atoms with Crippen LogP contribution in [0.2, 0.25) is 0 Å².